The summed E-state index contributed by atoms with van der Waals surface area (Å²) < 4.78 is 2.53. The first-order valence-electron chi connectivity index (χ1n) is 6.89. The Balaban J connectivity index is 1.84. The Morgan fingerprint density at radius 1 is 1.24 bits per heavy atom. The maximum Gasteiger partial charge on any atom is 0.0357 e. The predicted molar refractivity (Wildman–Crippen MR) is 70.1 cm³/mol. The molecule has 3 nitrogen and oxygen atoms in total. The number of likely N-dealkylation sites (tertiary alicyclic amines) is 1. The molecule has 2 aliphatic rings. The van der Waals surface area contributed by atoms with Crippen LogP contribution in [-0.4, -0.2) is 29.6 Å². The smallest absolute Gasteiger partial charge is 0.0357 e. The lowest BCUT2D eigenvalue weighted by atomic mass is 9.93. The van der Waals surface area contributed by atoms with Gasteiger partial charge in [-0.1, -0.05) is 0 Å². The van der Waals surface area contributed by atoms with Crippen LogP contribution in [0.1, 0.15) is 49.0 Å². The van der Waals surface area contributed by atoms with Crippen LogP contribution in [0.2, 0.25) is 0 Å². The van der Waals surface area contributed by atoms with Gasteiger partial charge in [-0.05, 0) is 63.9 Å². The van der Waals surface area contributed by atoms with Gasteiger partial charge in [-0.15, -0.1) is 0 Å². The average Bonchev–Trinajstić information content (AvgIpc) is 2.75. The van der Waals surface area contributed by atoms with Crippen LogP contribution in [0.5, 0.6) is 0 Å². The Labute approximate surface area is 104 Å². The molecule has 1 fully saturated rings. The molecule has 3 heteroatoms. The molecule has 94 valence electrons. The van der Waals surface area contributed by atoms with Gasteiger partial charge in [-0.25, -0.2) is 0 Å². The first-order chi connectivity index (χ1) is 8.25. The highest BCUT2D eigenvalue weighted by atomic mass is 15.1. The second-order valence-electron chi connectivity index (χ2n) is 5.66. The van der Waals surface area contributed by atoms with Gasteiger partial charge in [0.25, 0.3) is 0 Å². The molecule has 1 atom stereocenters. The van der Waals surface area contributed by atoms with Crippen molar-refractivity contribution in [3.05, 3.63) is 23.5 Å². The molecule has 2 N–H and O–H groups in total. The molecule has 1 aromatic heterocycles. The summed E-state index contributed by atoms with van der Waals surface area (Å²) in [4.78, 5) is 2.43. The van der Waals surface area contributed by atoms with Crippen molar-refractivity contribution in [3.63, 3.8) is 0 Å². The fourth-order valence-corrected chi connectivity index (χ4v) is 3.37. The van der Waals surface area contributed by atoms with Gasteiger partial charge in [0.2, 0.25) is 0 Å². The summed E-state index contributed by atoms with van der Waals surface area (Å²) in [6.45, 7) is 2.45. The van der Waals surface area contributed by atoms with Crippen molar-refractivity contribution in [2.75, 3.05) is 20.1 Å². The minimum Gasteiger partial charge on any atom is -0.348 e. The highest BCUT2D eigenvalue weighted by molar-refractivity contribution is 5.29. The monoisotopic (exact) mass is 233 g/mol. The second-order valence-corrected chi connectivity index (χ2v) is 5.66. The van der Waals surface area contributed by atoms with Gasteiger partial charge in [0.1, 0.15) is 0 Å². The molecule has 1 aliphatic heterocycles. The van der Waals surface area contributed by atoms with Gasteiger partial charge in [-0.3, -0.25) is 0 Å². The summed E-state index contributed by atoms with van der Waals surface area (Å²) in [5.41, 5.74) is 9.13. The lowest BCUT2D eigenvalue weighted by Crippen LogP contribution is -2.32. The molecule has 0 aromatic carbocycles. The van der Waals surface area contributed by atoms with Crippen LogP contribution in [0.15, 0.2) is 12.3 Å². The van der Waals surface area contributed by atoms with E-state index in [2.05, 4.69) is 28.8 Å². The molecule has 0 bridgehead atoms. The Morgan fingerprint density at radius 3 is 2.76 bits per heavy atom. The Bertz CT molecular complexity index is 388. The van der Waals surface area contributed by atoms with E-state index in [4.69, 9.17) is 5.73 Å². The number of hydrogen-bond acceptors (Lipinski definition) is 2. The van der Waals surface area contributed by atoms with Crippen molar-refractivity contribution in [1.29, 1.82) is 0 Å². The van der Waals surface area contributed by atoms with Crippen molar-refractivity contribution >= 4 is 0 Å². The van der Waals surface area contributed by atoms with Crippen molar-refractivity contribution < 1.29 is 0 Å². The van der Waals surface area contributed by atoms with Gasteiger partial charge >= 0.3 is 0 Å². The molecule has 0 radical (unpaired) electrons. The first kappa shape index (κ1) is 11.3. The van der Waals surface area contributed by atoms with Gasteiger partial charge in [0.05, 0.1) is 0 Å². The summed E-state index contributed by atoms with van der Waals surface area (Å²) in [5.74, 6) is 0. The Morgan fingerprint density at radius 2 is 2.00 bits per heavy atom. The van der Waals surface area contributed by atoms with Crippen LogP contribution in [0, 0.1) is 0 Å². The number of fused-ring (bicyclic) bond motifs is 1. The number of nitrogens with zero attached hydrogens (tertiary/aromatic N) is 2. The lowest BCUT2D eigenvalue weighted by molar-refractivity contribution is 0.218. The van der Waals surface area contributed by atoms with E-state index in [0.29, 0.717) is 6.04 Å². The molecule has 2 heterocycles. The van der Waals surface area contributed by atoms with E-state index in [0.717, 1.165) is 6.42 Å². The molecule has 1 aliphatic carbocycles. The van der Waals surface area contributed by atoms with Crippen LogP contribution in [-0.2, 0) is 6.42 Å². The molecule has 17 heavy (non-hydrogen) atoms. The zero-order valence-electron chi connectivity index (χ0n) is 10.7. The van der Waals surface area contributed by atoms with Crippen LogP contribution in [0.4, 0.5) is 0 Å². The fraction of sp³-hybridized carbons (Fsp3) is 0.714. The summed E-state index contributed by atoms with van der Waals surface area (Å²) in [6.07, 6.45) is 8.49. The number of rotatable bonds is 1. The number of aromatic nitrogens is 1. The van der Waals surface area contributed by atoms with E-state index in [9.17, 15) is 0 Å². The SMILES string of the molecule is CN1CCC(n2ccc3c2CCCC3N)CC1. The highest BCUT2D eigenvalue weighted by Crippen LogP contribution is 2.33. The predicted octanol–water partition coefficient (Wildman–Crippen LogP) is 2.09. The minimum atomic E-state index is 0.284. The van der Waals surface area contributed by atoms with Crippen LogP contribution in [0.25, 0.3) is 0 Å². The number of hydrogen-bond donors (Lipinski definition) is 1. The average molecular weight is 233 g/mol. The third kappa shape index (κ3) is 2.02. The molecule has 1 unspecified atom stereocenters. The third-order valence-electron chi connectivity index (χ3n) is 4.47. The van der Waals surface area contributed by atoms with Crippen molar-refractivity contribution in [2.45, 2.75) is 44.2 Å². The van der Waals surface area contributed by atoms with E-state index < -0.39 is 0 Å². The molecule has 0 spiro atoms. The summed E-state index contributed by atoms with van der Waals surface area (Å²) in [7, 11) is 2.22. The van der Waals surface area contributed by atoms with Crippen molar-refractivity contribution in [1.82, 2.24) is 9.47 Å². The first-order valence-corrected chi connectivity index (χ1v) is 6.89. The van der Waals surface area contributed by atoms with Gasteiger partial charge in [0, 0.05) is 24.0 Å². The van der Waals surface area contributed by atoms with Gasteiger partial charge in [0.15, 0.2) is 0 Å². The van der Waals surface area contributed by atoms with Crippen LogP contribution in [0.3, 0.4) is 0 Å². The van der Waals surface area contributed by atoms with Crippen LogP contribution < -0.4 is 5.73 Å². The van der Waals surface area contributed by atoms with Gasteiger partial charge < -0.3 is 15.2 Å². The zero-order chi connectivity index (χ0) is 11.8. The largest absolute Gasteiger partial charge is 0.348 e. The minimum absolute atomic E-state index is 0.284. The Kier molecular flexibility index (Phi) is 2.97. The fourth-order valence-electron chi connectivity index (χ4n) is 3.37. The van der Waals surface area contributed by atoms with Gasteiger partial charge in [-0.2, -0.15) is 0 Å². The van der Waals surface area contributed by atoms with Crippen molar-refractivity contribution in [2.24, 2.45) is 5.73 Å². The number of piperidine rings is 1. The maximum absolute atomic E-state index is 6.19. The van der Waals surface area contributed by atoms with E-state index in [1.54, 1.807) is 0 Å². The molecule has 3 rings (SSSR count). The maximum atomic E-state index is 6.19. The summed E-state index contributed by atoms with van der Waals surface area (Å²) in [5, 5.41) is 0. The van der Waals surface area contributed by atoms with E-state index in [1.807, 2.05) is 0 Å². The topological polar surface area (TPSA) is 34.2 Å². The van der Waals surface area contributed by atoms with Crippen molar-refractivity contribution in [3.8, 4) is 0 Å². The quantitative estimate of drug-likeness (QED) is 0.806. The third-order valence-corrected chi connectivity index (χ3v) is 4.47. The highest BCUT2D eigenvalue weighted by Gasteiger charge is 2.25. The second kappa shape index (κ2) is 4.46. The lowest BCUT2D eigenvalue weighted by Gasteiger charge is -2.32. The van der Waals surface area contributed by atoms with E-state index >= 15 is 0 Å². The summed E-state index contributed by atoms with van der Waals surface area (Å²) >= 11 is 0. The molecular formula is C14H23N3. The van der Waals surface area contributed by atoms with E-state index in [-0.39, 0.29) is 6.04 Å². The summed E-state index contributed by atoms with van der Waals surface area (Å²) in [6, 6.07) is 3.25. The molecular weight excluding hydrogens is 210 g/mol. The molecule has 0 saturated carbocycles. The normalized spacial score (nSPS) is 27.1. The van der Waals surface area contributed by atoms with Crippen LogP contribution >= 0.6 is 0 Å². The number of nitrogens with two attached hydrogens (primary N) is 1. The van der Waals surface area contributed by atoms with E-state index in [1.165, 1.54) is 50.0 Å². The zero-order valence-corrected chi connectivity index (χ0v) is 10.7. The standard InChI is InChI=1S/C14H23N3/c1-16-8-5-11(6-9-16)17-10-7-12-13(15)3-2-4-14(12)17/h7,10-11,13H,2-6,8-9,15H2,1H3. The molecule has 1 saturated heterocycles. The molecule has 0 amide bonds. The Hall–Kier alpha value is -0.800. The molecule has 1 aromatic rings.